The van der Waals surface area contributed by atoms with Gasteiger partial charge in [-0.15, -0.1) is 0 Å². The molecule has 1 aliphatic heterocycles. The summed E-state index contributed by atoms with van der Waals surface area (Å²) in [7, 11) is -1.74. The predicted octanol–water partition coefficient (Wildman–Crippen LogP) is 4.03. The number of ether oxygens (including phenoxy) is 2. The molecule has 1 N–H and O–H groups in total. The average molecular weight is 559 g/mol. The highest BCUT2D eigenvalue weighted by Gasteiger charge is 2.38. The second kappa shape index (κ2) is 9.82. The zero-order valence-corrected chi connectivity index (χ0v) is 22.0. The first-order valence-corrected chi connectivity index (χ1v) is 13.3. The molecule has 10 nitrogen and oxygen atoms in total. The summed E-state index contributed by atoms with van der Waals surface area (Å²) in [6, 6.07) is 9.41. The number of carbonyl (C=O) groups is 1. The zero-order chi connectivity index (χ0) is 28.1. The van der Waals surface area contributed by atoms with Crippen molar-refractivity contribution >= 4 is 38.5 Å². The molecule has 0 saturated heterocycles. The van der Waals surface area contributed by atoms with Crippen LogP contribution in [0, 0.1) is 11.6 Å². The molecule has 3 heterocycles. The Morgan fingerprint density at radius 2 is 1.67 bits per heavy atom. The molecule has 0 spiro atoms. The molecule has 2 aromatic carbocycles. The lowest BCUT2D eigenvalue weighted by Gasteiger charge is -2.37. The Hall–Kier alpha value is -4.23. The Balaban J connectivity index is 1.73. The number of amides is 2. The number of aromatic nitrogens is 2. The van der Waals surface area contributed by atoms with Crippen molar-refractivity contribution in [2.24, 2.45) is 0 Å². The SMILES string of the molecule is CCN1C(=O)N(c2c(F)c(OC)cc(OC)c2F)Cc2cnc3c(cc(CO)n3S(=O)(=O)c3ccccc3)c21. The van der Waals surface area contributed by atoms with Crippen molar-refractivity contribution in [2.45, 2.75) is 25.0 Å². The van der Waals surface area contributed by atoms with E-state index >= 15 is 8.78 Å². The van der Waals surface area contributed by atoms with E-state index in [4.69, 9.17) is 9.47 Å². The van der Waals surface area contributed by atoms with Crippen LogP contribution in [-0.2, 0) is 23.2 Å². The van der Waals surface area contributed by atoms with Gasteiger partial charge in [0.05, 0.1) is 43.6 Å². The Kier molecular flexibility index (Phi) is 6.64. The number of aliphatic hydroxyl groups is 1. The van der Waals surface area contributed by atoms with Crippen LogP contribution in [0.3, 0.4) is 0 Å². The first-order chi connectivity index (χ1) is 18.7. The largest absolute Gasteiger partial charge is 0.493 e. The van der Waals surface area contributed by atoms with Crippen LogP contribution in [0.1, 0.15) is 18.2 Å². The number of hydrogen-bond acceptors (Lipinski definition) is 7. The minimum atomic E-state index is -4.16. The second-order valence-electron chi connectivity index (χ2n) is 8.62. The summed E-state index contributed by atoms with van der Waals surface area (Å²) < 4.78 is 68.6. The summed E-state index contributed by atoms with van der Waals surface area (Å²) in [5.41, 5.74) is 0.122. The molecular weight excluding hydrogens is 534 g/mol. The molecule has 0 saturated carbocycles. The normalized spacial score (nSPS) is 13.6. The molecule has 204 valence electrons. The number of pyridine rings is 1. The molecule has 0 unspecified atom stereocenters. The minimum absolute atomic E-state index is 0.00163. The van der Waals surface area contributed by atoms with Gasteiger partial charge < -0.3 is 14.6 Å². The van der Waals surface area contributed by atoms with Crippen LogP contribution in [0.25, 0.3) is 11.0 Å². The predicted molar refractivity (Wildman–Crippen MR) is 139 cm³/mol. The number of nitrogens with zero attached hydrogens (tertiary/aromatic N) is 4. The highest BCUT2D eigenvalue weighted by molar-refractivity contribution is 7.90. The van der Waals surface area contributed by atoms with Gasteiger partial charge in [0.15, 0.2) is 28.8 Å². The zero-order valence-electron chi connectivity index (χ0n) is 21.2. The number of rotatable bonds is 7. The number of urea groups is 1. The van der Waals surface area contributed by atoms with E-state index in [1.807, 2.05) is 0 Å². The Bertz CT molecular complexity index is 1680. The van der Waals surface area contributed by atoms with E-state index in [1.165, 1.54) is 43.5 Å². The molecular formula is C26H24F2N4O6S. The fraction of sp³-hybridized carbons (Fsp3) is 0.231. The van der Waals surface area contributed by atoms with Gasteiger partial charge in [-0.2, -0.15) is 0 Å². The third-order valence-corrected chi connectivity index (χ3v) is 8.30. The van der Waals surface area contributed by atoms with Crippen LogP contribution in [0.4, 0.5) is 25.0 Å². The van der Waals surface area contributed by atoms with Gasteiger partial charge in [0.2, 0.25) is 0 Å². The van der Waals surface area contributed by atoms with E-state index < -0.39 is 40.0 Å². The van der Waals surface area contributed by atoms with Crippen LogP contribution in [-0.4, -0.2) is 49.3 Å². The maximum Gasteiger partial charge on any atom is 0.329 e. The van der Waals surface area contributed by atoms with Gasteiger partial charge in [-0.1, -0.05) is 18.2 Å². The average Bonchev–Trinajstić information content (AvgIpc) is 3.34. The molecule has 0 bridgehead atoms. The molecule has 4 aromatic rings. The summed E-state index contributed by atoms with van der Waals surface area (Å²) >= 11 is 0. The molecule has 0 atom stereocenters. The molecule has 13 heteroatoms. The Morgan fingerprint density at radius 3 is 2.23 bits per heavy atom. The first-order valence-electron chi connectivity index (χ1n) is 11.8. The highest BCUT2D eigenvalue weighted by atomic mass is 32.2. The van der Waals surface area contributed by atoms with Gasteiger partial charge in [0.25, 0.3) is 10.0 Å². The molecule has 0 fully saturated rings. The number of aliphatic hydroxyl groups excluding tert-OH is 1. The number of fused-ring (bicyclic) bond motifs is 3. The summed E-state index contributed by atoms with van der Waals surface area (Å²) in [5.74, 6) is -2.79. The van der Waals surface area contributed by atoms with Crippen molar-refractivity contribution < 1.29 is 36.6 Å². The van der Waals surface area contributed by atoms with Crippen molar-refractivity contribution in [3.8, 4) is 11.5 Å². The van der Waals surface area contributed by atoms with Crippen molar-refractivity contribution in [3.05, 3.63) is 71.6 Å². The van der Waals surface area contributed by atoms with Gasteiger partial charge in [0.1, 0.15) is 5.69 Å². The maximum absolute atomic E-state index is 15.3. The lowest BCUT2D eigenvalue weighted by Crippen LogP contribution is -2.48. The van der Waals surface area contributed by atoms with Gasteiger partial charge in [-0.25, -0.2) is 30.9 Å². The van der Waals surface area contributed by atoms with Crippen LogP contribution in [0.2, 0.25) is 0 Å². The number of benzene rings is 2. The second-order valence-corrected chi connectivity index (χ2v) is 10.4. The number of anilines is 2. The molecule has 2 amide bonds. The number of hydrogen-bond donors (Lipinski definition) is 1. The fourth-order valence-corrected chi connectivity index (χ4v) is 6.28. The van der Waals surface area contributed by atoms with Crippen LogP contribution < -0.4 is 19.3 Å². The summed E-state index contributed by atoms with van der Waals surface area (Å²) in [5, 5.41) is 10.3. The lowest BCUT2D eigenvalue weighted by molar-refractivity contribution is 0.249. The van der Waals surface area contributed by atoms with E-state index in [-0.39, 0.29) is 46.2 Å². The number of halogens is 2. The van der Waals surface area contributed by atoms with E-state index in [1.54, 1.807) is 25.1 Å². The third kappa shape index (κ3) is 3.96. The maximum atomic E-state index is 15.3. The van der Waals surface area contributed by atoms with Gasteiger partial charge >= 0.3 is 6.03 Å². The molecule has 2 aromatic heterocycles. The number of carbonyl (C=O) groups excluding carboxylic acids is 1. The summed E-state index contributed by atoms with van der Waals surface area (Å²) in [4.78, 5) is 20.2. The Labute approximate surface area is 222 Å². The smallest absolute Gasteiger partial charge is 0.329 e. The number of methoxy groups -OCH3 is 2. The highest BCUT2D eigenvalue weighted by Crippen LogP contribution is 2.43. The van der Waals surface area contributed by atoms with Gasteiger partial charge in [-0.05, 0) is 25.1 Å². The fourth-order valence-electron chi connectivity index (χ4n) is 4.77. The van der Waals surface area contributed by atoms with E-state index in [2.05, 4.69) is 4.98 Å². The summed E-state index contributed by atoms with van der Waals surface area (Å²) in [6.45, 7) is 0.851. The Morgan fingerprint density at radius 1 is 1.03 bits per heavy atom. The molecule has 1 aliphatic rings. The van der Waals surface area contributed by atoms with Crippen LogP contribution in [0.15, 0.2) is 53.6 Å². The summed E-state index contributed by atoms with van der Waals surface area (Å²) in [6.07, 6.45) is 1.35. The third-order valence-electron chi connectivity index (χ3n) is 6.55. The molecule has 0 aliphatic carbocycles. The minimum Gasteiger partial charge on any atom is -0.493 e. The van der Waals surface area contributed by atoms with Crippen molar-refractivity contribution in [1.82, 2.24) is 8.96 Å². The topological polar surface area (TPSA) is 114 Å². The lowest BCUT2D eigenvalue weighted by atomic mass is 10.1. The van der Waals surface area contributed by atoms with E-state index in [0.717, 1.165) is 14.9 Å². The molecule has 39 heavy (non-hydrogen) atoms. The van der Waals surface area contributed by atoms with Crippen molar-refractivity contribution in [3.63, 3.8) is 0 Å². The monoisotopic (exact) mass is 558 g/mol. The van der Waals surface area contributed by atoms with Crippen LogP contribution >= 0.6 is 0 Å². The van der Waals surface area contributed by atoms with Crippen LogP contribution in [0.5, 0.6) is 11.5 Å². The molecule has 5 rings (SSSR count). The van der Waals surface area contributed by atoms with Gasteiger partial charge in [-0.3, -0.25) is 9.80 Å². The standard InChI is InChI=1S/C26H24F2N4O6S/c1-4-30-23-15(13-31(26(30)34)24-21(27)19(37-2)11-20(38-3)22(24)28)12-29-25-18(23)10-16(14-33)32(25)39(35,36)17-8-6-5-7-9-17/h5-12,33H,4,13-14H2,1-3H3. The first kappa shape index (κ1) is 26.4. The molecule has 0 radical (unpaired) electrons. The van der Waals surface area contributed by atoms with Crippen molar-refractivity contribution in [2.75, 3.05) is 30.6 Å². The quantitative estimate of drug-likeness (QED) is 0.364. The van der Waals surface area contributed by atoms with E-state index in [0.29, 0.717) is 11.3 Å². The van der Waals surface area contributed by atoms with Crippen molar-refractivity contribution in [1.29, 1.82) is 0 Å². The van der Waals surface area contributed by atoms with Gasteiger partial charge in [0, 0.05) is 29.8 Å². The van der Waals surface area contributed by atoms with E-state index in [9.17, 15) is 18.3 Å².